The highest BCUT2D eigenvalue weighted by Gasteiger charge is 2.70. The number of carbonyl (C=O) groups is 4. The number of nitrogens with one attached hydrogen (secondary N) is 1. The van der Waals surface area contributed by atoms with E-state index < -0.39 is 17.3 Å². The minimum Gasteiger partial charge on any atom is -0.488 e. The van der Waals surface area contributed by atoms with E-state index in [-0.39, 0.29) is 63.0 Å². The van der Waals surface area contributed by atoms with Gasteiger partial charge in [-0.15, -0.1) is 0 Å². The molecule has 7 aliphatic rings. The fourth-order valence-corrected chi connectivity index (χ4v) is 15.2. The molecule has 8 rings (SSSR count). The fourth-order valence-electron chi connectivity index (χ4n) is 15.2. The van der Waals surface area contributed by atoms with Gasteiger partial charge in [0, 0.05) is 35.8 Å². The van der Waals surface area contributed by atoms with Crippen LogP contribution in [0.4, 0.5) is 0 Å². The first-order valence-electron chi connectivity index (χ1n) is 23.0. The van der Waals surface area contributed by atoms with Gasteiger partial charge in [-0.2, -0.15) is 0 Å². The Morgan fingerprint density at radius 3 is 2.22 bits per heavy atom. The Balaban J connectivity index is 0.980. The molecule has 0 radical (unpaired) electrons. The van der Waals surface area contributed by atoms with Crippen molar-refractivity contribution in [3.63, 3.8) is 0 Å². The highest BCUT2D eigenvalue weighted by Crippen LogP contribution is 2.77. The molecule has 9 heteroatoms. The summed E-state index contributed by atoms with van der Waals surface area (Å²) in [5, 5.41) is 12.9. The van der Waals surface area contributed by atoms with Crippen molar-refractivity contribution in [1.29, 1.82) is 0 Å². The first kappa shape index (κ1) is 42.5. The van der Waals surface area contributed by atoms with Crippen molar-refractivity contribution in [2.75, 3.05) is 19.8 Å². The lowest BCUT2D eigenvalue weighted by Crippen LogP contribution is -2.66. The molecule has 9 nitrogen and oxygen atoms in total. The number of hydrogen-bond acceptors (Lipinski definition) is 7. The lowest BCUT2D eigenvalue weighted by molar-refractivity contribution is -0.236. The molecule has 5 saturated carbocycles. The van der Waals surface area contributed by atoms with E-state index in [4.69, 9.17) is 14.2 Å². The summed E-state index contributed by atoms with van der Waals surface area (Å²) in [6.45, 7) is 22.4. The zero-order valence-corrected chi connectivity index (χ0v) is 37.3. The first-order chi connectivity index (χ1) is 27.7. The lowest BCUT2D eigenvalue weighted by atomic mass is 9.33. The normalized spacial score (nSPS) is 40.6. The first-order valence-corrected chi connectivity index (χ1v) is 23.0. The van der Waals surface area contributed by atoms with Crippen LogP contribution >= 0.6 is 0 Å². The number of Topliss-reactive ketones (excluding diaryl/α,β-unsaturated/α-hetero) is 1. The summed E-state index contributed by atoms with van der Waals surface area (Å²) >= 11 is 0. The zero-order valence-electron chi connectivity index (χ0n) is 37.3. The molecule has 1 aliphatic heterocycles. The summed E-state index contributed by atoms with van der Waals surface area (Å²) < 4.78 is 17.9. The van der Waals surface area contributed by atoms with E-state index in [2.05, 4.69) is 53.8 Å². The molecule has 6 fully saturated rings. The van der Waals surface area contributed by atoms with E-state index in [1.165, 1.54) is 5.57 Å². The van der Waals surface area contributed by atoms with Gasteiger partial charge in [0.25, 0.3) is 5.91 Å². The van der Waals surface area contributed by atoms with Crippen molar-refractivity contribution in [2.45, 2.75) is 152 Å². The monoisotopic (exact) mass is 814 g/mol. The van der Waals surface area contributed by atoms with E-state index >= 15 is 0 Å². The maximum absolute atomic E-state index is 14.1. The molecule has 0 spiro atoms. The summed E-state index contributed by atoms with van der Waals surface area (Å²) in [7, 11) is 0. The Kier molecular flexibility index (Phi) is 10.6. The highest BCUT2D eigenvalue weighted by atomic mass is 16.6. The van der Waals surface area contributed by atoms with Crippen LogP contribution in [0.25, 0.3) is 0 Å². The molecule has 1 saturated heterocycles. The van der Waals surface area contributed by atoms with Crippen LogP contribution in [-0.4, -0.2) is 60.7 Å². The molecule has 59 heavy (non-hydrogen) atoms. The Hall–Kier alpha value is -3.20. The average Bonchev–Trinajstić information content (AvgIpc) is 3.78. The number of ketones is 1. The number of ether oxygens (including phenoxy) is 3. The van der Waals surface area contributed by atoms with Crippen molar-refractivity contribution >= 4 is 23.6 Å². The van der Waals surface area contributed by atoms with Crippen LogP contribution in [0.5, 0.6) is 5.75 Å². The van der Waals surface area contributed by atoms with Crippen LogP contribution in [0.15, 0.2) is 35.4 Å². The SMILES string of the molecule is CC(C)C1=C2[C@H]3CC[C@@H]4[C@@]5(C)CC[C@H](OC(=O)[C@H]6C[C@@H](C(=O)O)C6(C)C)C(C)(C)[C@@H]5CC[C@@]4(C)[C@]3(C)CC[C@@]2(CCNC(=O)c2ccc(O[C@H]3CCOC3)cc2)CC1=O. The molecule has 0 bridgehead atoms. The van der Waals surface area contributed by atoms with Gasteiger partial charge in [0.2, 0.25) is 0 Å². The number of carbonyl (C=O) groups excluding carboxylic acids is 3. The molecule has 324 valence electrons. The molecule has 11 atom stereocenters. The average molecular weight is 814 g/mol. The Bertz CT molecular complexity index is 1890. The van der Waals surface area contributed by atoms with Gasteiger partial charge in [-0.3, -0.25) is 19.2 Å². The fraction of sp³-hybridized carbons (Fsp3) is 0.760. The van der Waals surface area contributed by atoms with Crippen molar-refractivity contribution in [2.24, 2.45) is 68.0 Å². The number of carboxylic acids is 1. The summed E-state index contributed by atoms with van der Waals surface area (Å²) in [5.74, 6) is 0.435. The number of fused-ring (bicyclic) bond motifs is 7. The smallest absolute Gasteiger partial charge is 0.309 e. The molecule has 6 aliphatic carbocycles. The number of hydrogen-bond donors (Lipinski definition) is 2. The van der Waals surface area contributed by atoms with E-state index in [1.807, 2.05) is 38.1 Å². The van der Waals surface area contributed by atoms with Gasteiger partial charge < -0.3 is 24.6 Å². The van der Waals surface area contributed by atoms with E-state index in [0.29, 0.717) is 61.7 Å². The van der Waals surface area contributed by atoms with Crippen molar-refractivity contribution in [3.05, 3.63) is 41.0 Å². The number of benzene rings is 1. The number of allylic oxidation sites excluding steroid dienone is 2. The minimum atomic E-state index is -0.829. The van der Waals surface area contributed by atoms with Crippen LogP contribution in [0.3, 0.4) is 0 Å². The van der Waals surface area contributed by atoms with Crippen molar-refractivity contribution in [1.82, 2.24) is 5.32 Å². The van der Waals surface area contributed by atoms with Crippen LogP contribution < -0.4 is 10.1 Å². The van der Waals surface area contributed by atoms with Gasteiger partial charge in [0.15, 0.2) is 5.78 Å². The van der Waals surface area contributed by atoms with Crippen LogP contribution in [0.2, 0.25) is 0 Å². The number of carboxylic acid groups (broad SMARTS) is 1. The highest BCUT2D eigenvalue weighted by molar-refractivity contribution is 6.00. The summed E-state index contributed by atoms with van der Waals surface area (Å²) in [6.07, 6.45) is 10.7. The zero-order chi connectivity index (χ0) is 42.5. The summed E-state index contributed by atoms with van der Waals surface area (Å²) in [6, 6.07) is 7.38. The minimum absolute atomic E-state index is 0.0368. The Labute approximate surface area is 352 Å². The quantitative estimate of drug-likeness (QED) is 0.224. The third kappa shape index (κ3) is 6.54. The van der Waals surface area contributed by atoms with Crippen LogP contribution in [0.1, 0.15) is 150 Å². The molecule has 1 heterocycles. The van der Waals surface area contributed by atoms with Crippen LogP contribution in [-0.2, 0) is 23.9 Å². The maximum atomic E-state index is 14.1. The molecule has 1 aromatic rings. The van der Waals surface area contributed by atoms with Gasteiger partial charge in [0.1, 0.15) is 18.0 Å². The number of rotatable bonds is 10. The summed E-state index contributed by atoms with van der Waals surface area (Å²) in [5.41, 5.74) is 2.30. The van der Waals surface area contributed by atoms with Gasteiger partial charge in [-0.25, -0.2) is 0 Å². The molecule has 2 N–H and O–H groups in total. The van der Waals surface area contributed by atoms with E-state index in [0.717, 1.165) is 75.5 Å². The van der Waals surface area contributed by atoms with Crippen LogP contribution in [0, 0.1) is 68.0 Å². The third-order valence-electron chi connectivity index (χ3n) is 18.8. The second kappa shape index (κ2) is 14.7. The predicted molar refractivity (Wildman–Crippen MR) is 226 cm³/mol. The molecule has 0 aromatic heterocycles. The predicted octanol–water partition coefficient (Wildman–Crippen LogP) is 9.61. The molecule has 1 amide bonds. The van der Waals surface area contributed by atoms with Crippen molar-refractivity contribution < 1.29 is 38.5 Å². The number of aliphatic carboxylic acids is 1. The van der Waals surface area contributed by atoms with Gasteiger partial charge >= 0.3 is 11.9 Å². The maximum Gasteiger partial charge on any atom is 0.309 e. The second-order valence-corrected chi connectivity index (χ2v) is 22.4. The third-order valence-corrected chi connectivity index (χ3v) is 18.8. The largest absolute Gasteiger partial charge is 0.488 e. The van der Waals surface area contributed by atoms with E-state index in [9.17, 15) is 24.3 Å². The topological polar surface area (TPSA) is 128 Å². The van der Waals surface area contributed by atoms with E-state index in [1.54, 1.807) is 0 Å². The Morgan fingerprint density at radius 1 is 0.847 bits per heavy atom. The standard InChI is InChI=1S/C50H71NO8/c1-29(2)40-36(52)27-50(23-24-51-42(53)30-10-12-31(13-11-30)58-32-18-25-57-28-32)22-21-48(8)33(41(40)50)14-15-38-47(7)19-17-39(46(5,6)37(47)16-20-49(38,48)9)59-44(56)35-26-34(43(54)55)45(35,3)4/h10-13,29,32-35,37-39H,14-28H2,1-9H3,(H,51,53)(H,54,55)/t32-,33+,34-,35+,37-,38+,39-,47-,48+,49+,50+/m0/s1. The molecule has 1 aromatic carbocycles. The number of amides is 1. The lowest BCUT2D eigenvalue weighted by Gasteiger charge is -2.72. The molecule has 0 unspecified atom stereocenters. The van der Waals surface area contributed by atoms with Gasteiger partial charge in [-0.05, 0) is 139 Å². The number of esters is 1. The summed E-state index contributed by atoms with van der Waals surface area (Å²) in [4.78, 5) is 53.0. The van der Waals surface area contributed by atoms with Gasteiger partial charge in [-0.1, -0.05) is 67.9 Å². The Morgan fingerprint density at radius 2 is 1.58 bits per heavy atom. The second-order valence-electron chi connectivity index (χ2n) is 22.4. The van der Waals surface area contributed by atoms with Gasteiger partial charge in [0.05, 0.1) is 25.0 Å². The van der Waals surface area contributed by atoms with Crippen molar-refractivity contribution in [3.8, 4) is 5.75 Å². The molecular weight excluding hydrogens is 743 g/mol. The molecular formula is C50H71NO8.